The number of benzene rings is 2. The normalized spacial score (nSPS) is 13.9. The summed E-state index contributed by atoms with van der Waals surface area (Å²) in [6.07, 6.45) is 2.57. The maximum atomic E-state index is 13.6. The molecule has 0 radical (unpaired) electrons. The second kappa shape index (κ2) is 7.17. The largest absolute Gasteiger partial charge is 0.358 e. The third kappa shape index (κ3) is 3.02. The molecule has 4 aromatic rings. The number of H-pyrrole nitrogens is 1. The van der Waals surface area contributed by atoms with Gasteiger partial charge in [-0.3, -0.25) is 9.59 Å². The van der Waals surface area contributed by atoms with Crippen molar-refractivity contribution in [2.75, 3.05) is 6.54 Å². The minimum Gasteiger partial charge on any atom is -0.358 e. The first-order valence-electron chi connectivity index (χ1n) is 10.5. The van der Waals surface area contributed by atoms with Crippen LogP contribution in [0.2, 0.25) is 0 Å². The van der Waals surface area contributed by atoms with Crippen LogP contribution in [0, 0.1) is 5.92 Å². The highest BCUT2D eigenvalue weighted by Crippen LogP contribution is 2.29. The van der Waals surface area contributed by atoms with E-state index >= 15 is 0 Å². The summed E-state index contributed by atoms with van der Waals surface area (Å²) in [4.78, 5) is 32.0. The Hall–Kier alpha value is -3.34. The van der Waals surface area contributed by atoms with Gasteiger partial charge in [0.15, 0.2) is 0 Å². The molecule has 1 aliphatic rings. The van der Waals surface area contributed by atoms with Gasteiger partial charge in [0, 0.05) is 65.2 Å². The van der Waals surface area contributed by atoms with Crippen LogP contribution in [-0.4, -0.2) is 26.9 Å². The van der Waals surface area contributed by atoms with Crippen LogP contribution in [-0.2, 0) is 19.5 Å². The first kappa shape index (κ1) is 18.7. The van der Waals surface area contributed by atoms with Crippen molar-refractivity contribution in [3.05, 3.63) is 81.9 Å². The summed E-state index contributed by atoms with van der Waals surface area (Å²) in [6.45, 7) is 5.99. The van der Waals surface area contributed by atoms with E-state index in [1.807, 2.05) is 41.3 Å². The molecule has 0 saturated heterocycles. The molecule has 0 bridgehead atoms. The predicted octanol–water partition coefficient (Wildman–Crippen LogP) is 4.34. The Kier molecular flexibility index (Phi) is 4.46. The molecule has 0 spiro atoms. The van der Waals surface area contributed by atoms with Crippen molar-refractivity contribution >= 4 is 27.6 Å². The Balaban J connectivity index is 1.58. The standard InChI is InChI=1S/C25H25N3O2/c1-16(2)13-28-15-21(17-7-3-4-9-19(17)24(28)29)25(30)27-12-11-23-20(14-27)18-8-5-6-10-22(18)26-23/h3-10,15-16,26H,11-14H2,1-2H3. The molecular weight excluding hydrogens is 374 g/mol. The van der Waals surface area contributed by atoms with Gasteiger partial charge in [0.1, 0.15) is 0 Å². The van der Waals surface area contributed by atoms with Gasteiger partial charge >= 0.3 is 0 Å². The van der Waals surface area contributed by atoms with Crippen LogP contribution in [0.1, 0.15) is 35.5 Å². The van der Waals surface area contributed by atoms with Crippen LogP contribution in [0.5, 0.6) is 0 Å². The highest BCUT2D eigenvalue weighted by Gasteiger charge is 2.26. The van der Waals surface area contributed by atoms with E-state index in [0.717, 1.165) is 17.3 Å². The molecule has 5 heteroatoms. The number of nitrogens with zero attached hydrogens (tertiary/aromatic N) is 2. The van der Waals surface area contributed by atoms with E-state index in [2.05, 4.69) is 31.0 Å². The number of para-hydroxylation sites is 1. The zero-order valence-corrected chi connectivity index (χ0v) is 17.3. The third-order valence-corrected chi connectivity index (χ3v) is 5.96. The van der Waals surface area contributed by atoms with Crippen molar-refractivity contribution in [1.29, 1.82) is 0 Å². The molecule has 0 atom stereocenters. The molecule has 1 aliphatic heterocycles. The van der Waals surface area contributed by atoms with Crippen molar-refractivity contribution in [3.8, 4) is 0 Å². The summed E-state index contributed by atoms with van der Waals surface area (Å²) in [5, 5.41) is 2.52. The Bertz CT molecular complexity index is 1330. The minimum atomic E-state index is -0.0339. The number of hydrogen-bond donors (Lipinski definition) is 1. The summed E-state index contributed by atoms with van der Waals surface area (Å²) >= 11 is 0. The Morgan fingerprint density at radius 3 is 2.50 bits per heavy atom. The lowest BCUT2D eigenvalue weighted by molar-refractivity contribution is 0.0736. The van der Waals surface area contributed by atoms with Gasteiger partial charge in [0.05, 0.1) is 5.56 Å². The topological polar surface area (TPSA) is 58.1 Å². The molecule has 0 aliphatic carbocycles. The fourth-order valence-corrected chi connectivity index (χ4v) is 4.55. The molecule has 152 valence electrons. The highest BCUT2D eigenvalue weighted by atomic mass is 16.2. The average Bonchev–Trinajstić information content (AvgIpc) is 3.13. The maximum absolute atomic E-state index is 13.6. The number of fused-ring (bicyclic) bond motifs is 4. The number of nitrogens with one attached hydrogen (secondary N) is 1. The maximum Gasteiger partial charge on any atom is 0.258 e. The van der Waals surface area contributed by atoms with Gasteiger partial charge in [-0.25, -0.2) is 0 Å². The van der Waals surface area contributed by atoms with Gasteiger partial charge in [0.25, 0.3) is 11.5 Å². The van der Waals surface area contributed by atoms with Gasteiger partial charge in [-0.15, -0.1) is 0 Å². The average molecular weight is 399 g/mol. The van der Waals surface area contributed by atoms with Gasteiger partial charge in [0.2, 0.25) is 0 Å². The summed E-state index contributed by atoms with van der Waals surface area (Å²) in [5.74, 6) is 0.301. The molecule has 3 heterocycles. The zero-order chi connectivity index (χ0) is 20.8. The number of amides is 1. The van der Waals surface area contributed by atoms with Crippen molar-refractivity contribution in [1.82, 2.24) is 14.5 Å². The van der Waals surface area contributed by atoms with Crippen molar-refractivity contribution in [2.24, 2.45) is 5.92 Å². The summed E-state index contributed by atoms with van der Waals surface area (Å²) in [7, 11) is 0. The third-order valence-electron chi connectivity index (χ3n) is 5.96. The number of rotatable bonds is 3. The molecule has 1 N–H and O–H groups in total. The molecule has 0 unspecified atom stereocenters. The molecule has 2 aromatic heterocycles. The molecule has 5 nitrogen and oxygen atoms in total. The van der Waals surface area contributed by atoms with Gasteiger partial charge < -0.3 is 14.5 Å². The van der Waals surface area contributed by atoms with Gasteiger partial charge in [-0.2, -0.15) is 0 Å². The number of hydrogen-bond acceptors (Lipinski definition) is 2. The summed E-state index contributed by atoms with van der Waals surface area (Å²) < 4.78 is 1.70. The summed E-state index contributed by atoms with van der Waals surface area (Å²) in [5.41, 5.74) is 4.11. The fourth-order valence-electron chi connectivity index (χ4n) is 4.55. The van der Waals surface area contributed by atoms with E-state index in [0.29, 0.717) is 36.5 Å². The Morgan fingerprint density at radius 1 is 1.03 bits per heavy atom. The number of carbonyl (C=O) groups excluding carboxylic acids is 1. The smallest absolute Gasteiger partial charge is 0.258 e. The van der Waals surface area contributed by atoms with Crippen molar-refractivity contribution in [3.63, 3.8) is 0 Å². The molecule has 0 saturated carbocycles. The minimum absolute atomic E-state index is 0.0142. The number of carbonyl (C=O) groups is 1. The Morgan fingerprint density at radius 2 is 1.73 bits per heavy atom. The monoisotopic (exact) mass is 399 g/mol. The van der Waals surface area contributed by atoms with E-state index < -0.39 is 0 Å². The predicted molar refractivity (Wildman–Crippen MR) is 120 cm³/mol. The van der Waals surface area contributed by atoms with E-state index in [-0.39, 0.29) is 11.5 Å². The van der Waals surface area contributed by atoms with E-state index in [1.165, 1.54) is 16.6 Å². The Labute approximate surface area is 174 Å². The molecule has 2 aromatic carbocycles. The first-order chi connectivity index (χ1) is 14.5. The van der Waals surface area contributed by atoms with Crippen LogP contribution in [0.4, 0.5) is 0 Å². The highest BCUT2D eigenvalue weighted by molar-refractivity contribution is 6.06. The van der Waals surface area contributed by atoms with Crippen molar-refractivity contribution in [2.45, 2.75) is 33.4 Å². The SMILES string of the molecule is CC(C)Cn1cc(C(=O)N2CCc3[nH]c4ccccc4c3C2)c2ccccc2c1=O. The first-order valence-corrected chi connectivity index (χ1v) is 10.5. The number of pyridine rings is 1. The fraction of sp³-hybridized carbons (Fsp3) is 0.280. The molecular formula is C25H25N3O2. The summed E-state index contributed by atoms with van der Waals surface area (Å²) in [6, 6.07) is 15.7. The van der Waals surface area contributed by atoms with Crippen LogP contribution < -0.4 is 5.56 Å². The van der Waals surface area contributed by atoms with Gasteiger partial charge in [-0.05, 0) is 18.1 Å². The molecule has 0 fully saturated rings. The van der Waals surface area contributed by atoms with E-state index in [4.69, 9.17) is 0 Å². The quantitative estimate of drug-likeness (QED) is 0.557. The number of aromatic amines is 1. The van der Waals surface area contributed by atoms with E-state index in [9.17, 15) is 9.59 Å². The lowest BCUT2D eigenvalue weighted by Crippen LogP contribution is -2.37. The molecule has 1 amide bonds. The van der Waals surface area contributed by atoms with Crippen LogP contribution in [0.15, 0.2) is 59.5 Å². The number of aromatic nitrogens is 2. The van der Waals surface area contributed by atoms with Crippen LogP contribution >= 0.6 is 0 Å². The lowest BCUT2D eigenvalue weighted by atomic mass is 10.0. The van der Waals surface area contributed by atoms with Crippen LogP contribution in [0.3, 0.4) is 0 Å². The van der Waals surface area contributed by atoms with Gasteiger partial charge in [-0.1, -0.05) is 50.2 Å². The second-order valence-corrected chi connectivity index (χ2v) is 8.54. The lowest BCUT2D eigenvalue weighted by Gasteiger charge is -2.28. The molecule has 30 heavy (non-hydrogen) atoms. The van der Waals surface area contributed by atoms with E-state index in [1.54, 1.807) is 10.8 Å². The van der Waals surface area contributed by atoms with Crippen molar-refractivity contribution < 1.29 is 4.79 Å². The van der Waals surface area contributed by atoms with Crippen LogP contribution in [0.25, 0.3) is 21.7 Å². The molecule has 5 rings (SSSR count). The zero-order valence-electron chi connectivity index (χ0n) is 17.3. The second-order valence-electron chi connectivity index (χ2n) is 8.54.